The van der Waals surface area contributed by atoms with Gasteiger partial charge in [-0.2, -0.15) is 5.10 Å². The smallest absolute Gasteiger partial charge is 0.240 e. The molecule has 1 aliphatic rings. The molecule has 4 rings (SSSR count). The highest BCUT2D eigenvalue weighted by molar-refractivity contribution is 7.89. The van der Waals surface area contributed by atoms with Crippen molar-refractivity contribution in [3.8, 4) is 11.4 Å². The Morgan fingerprint density at radius 2 is 1.89 bits per heavy atom. The van der Waals surface area contributed by atoms with Crippen molar-refractivity contribution in [1.82, 2.24) is 14.5 Å². The summed E-state index contributed by atoms with van der Waals surface area (Å²) in [6, 6.07) is 15.1. The van der Waals surface area contributed by atoms with Gasteiger partial charge in [-0.25, -0.2) is 17.8 Å². The molecule has 146 valence electrons. The summed E-state index contributed by atoms with van der Waals surface area (Å²) < 4.78 is 35.1. The van der Waals surface area contributed by atoms with Gasteiger partial charge in [0.15, 0.2) is 0 Å². The van der Waals surface area contributed by atoms with E-state index in [1.807, 2.05) is 48.9 Å². The molecule has 0 unspecified atom stereocenters. The van der Waals surface area contributed by atoms with Gasteiger partial charge in [0.05, 0.1) is 22.9 Å². The van der Waals surface area contributed by atoms with Crippen LogP contribution >= 0.6 is 0 Å². The first-order valence-electron chi connectivity index (χ1n) is 9.30. The van der Waals surface area contributed by atoms with Gasteiger partial charge < -0.3 is 4.74 Å². The predicted molar refractivity (Wildman–Crippen MR) is 108 cm³/mol. The van der Waals surface area contributed by atoms with Crippen molar-refractivity contribution in [3.63, 3.8) is 0 Å². The van der Waals surface area contributed by atoms with Crippen LogP contribution < -0.4 is 9.46 Å². The van der Waals surface area contributed by atoms with Crippen LogP contribution in [0.1, 0.15) is 22.5 Å². The summed E-state index contributed by atoms with van der Waals surface area (Å²) in [6.45, 7) is 4.95. The maximum atomic E-state index is 12.5. The van der Waals surface area contributed by atoms with E-state index in [0.717, 1.165) is 40.4 Å². The highest BCUT2D eigenvalue weighted by Crippen LogP contribution is 2.27. The van der Waals surface area contributed by atoms with Gasteiger partial charge in [0, 0.05) is 18.7 Å². The minimum atomic E-state index is -3.53. The quantitative estimate of drug-likeness (QED) is 0.694. The van der Waals surface area contributed by atoms with E-state index in [-0.39, 0.29) is 4.90 Å². The number of rotatable bonds is 6. The molecule has 28 heavy (non-hydrogen) atoms. The first-order chi connectivity index (χ1) is 13.4. The molecule has 0 saturated heterocycles. The zero-order chi connectivity index (χ0) is 19.7. The Morgan fingerprint density at radius 3 is 2.61 bits per heavy atom. The summed E-state index contributed by atoms with van der Waals surface area (Å²) in [7, 11) is -3.53. The molecular weight excluding hydrogens is 374 g/mol. The molecule has 2 aromatic carbocycles. The number of hydrogen-bond acceptors (Lipinski definition) is 4. The van der Waals surface area contributed by atoms with Crippen LogP contribution in [-0.4, -0.2) is 31.3 Å². The van der Waals surface area contributed by atoms with Crippen LogP contribution in [0.25, 0.3) is 5.69 Å². The van der Waals surface area contributed by atoms with Crippen LogP contribution in [0, 0.1) is 13.8 Å². The lowest BCUT2D eigenvalue weighted by molar-refractivity contribution is 0.356. The Hall–Kier alpha value is -2.64. The lowest BCUT2D eigenvalue weighted by atomic mass is 10.1. The number of benzene rings is 2. The molecule has 0 spiro atoms. The first-order valence-corrected chi connectivity index (χ1v) is 10.8. The van der Waals surface area contributed by atoms with Crippen LogP contribution in [0.3, 0.4) is 0 Å². The third kappa shape index (κ3) is 3.81. The lowest BCUT2D eigenvalue weighted by Gasteiger charge is -2.09. The first kappa shape index (κ1) is 18.7. The second-order valence-electron chi connectivity index (χ2n) is 7.02. The molecule has 0 aliphatic carbocycles. The number of aryl methyl sites for hydroxylation is 2. The number of sulfonamides is 1. The number of aromatic nitrogens is 2. The molecule has 1 N–H and O–H groups in total. The molecule has 1 aromatic heterocycles. The molecule has 2 heterocycles. The third-order valence-electron chi connectivity index (χ3n) is 4.87. The Bertz CT molecular complexity index is 1100. The highest BCUT2D eigenvalue weighted by atomic mass is 32.2. The van der Waals surface area contributed by atoms with Crippen molar-refractivity contribution in [1.29, 1.82) is 0 Å². The molecule has 3 aromatic rings. The monoisotopic (exact) mass is 397 g/mol. The van der Waals surface area contributed by atoms with Gasteiger partial charge in [-0.05, 0) is 67.8 Å². The molecule has 0 atom stereocenters. The van der Waals surface area contributed by atoms with E-state index in [0.29, 0.717) is 19.6 Å². The normalized spacial score (nSPS) is 13.4. The molecule has 0 bridgehead atoms. The van der Waals surface area contributed by atoms with Gasteiger partial charge in [-0.15, -0.1) is 0 Å². The van der Waals surface area contributed by atoms with Crippen molar-refractivity contribution >= 4 is 10.0 Å². The molecular formula is C21H23N3O3S. The van der Waals surface area contributed by atoms with Crippen molar-refractivity contribution < 1.29 is 13.2 Å². The standard InChI is InChI=1S/C21H23N3O3S/c1-15-13-16(2)24(23-15)19-5-3-17(4-6-19)9-11-22-28(25,26)20-7-8-21-18(14-20)10-12-27-21/h3-8,13-14,22H,9-12H2,1-2H3. The fraction of sp³-hybridized carbons (Fsp3) is 0.286. The Balaban J connectivity index is 1.39. The maximum Gasteiger partial charge on any atom is 0.240 e. The van der Waals surface area contributed by atoms with Gasteiger partial charge in [0.2, 0.25) is 10.0 Å². The number of nitrogens with one attached hydrogen (secondary N) is 1. The maximum absolute atomic E-state index is 12.5. The molecule has 1 aliphatic heterocycles. The van der Waals surface area contributed by atoms with E-state index < -0.39 is 10.0 Å². The molecule has 0 radical (unpaired) electrons. The number of nitrogens with zero attached hydrogens (tertiary/aromatic N) is 2. The average Bonchev–Trinajstić information content (AvgIpc) is 3.27. The summed E-state index contributed by atoms with van der Waals surface area (Å²) in [5.74, 6) is 0.779. The average molecular weight is 398 g/mol. The fourth-order valence-electron chi connectivity index (χ4n) is 3.44. The van der Waals surface area contributed by atoms with Crippen molar-refractivity contribution in [2.75, 3.05) is 13.2 Å². The van der Waals surface area contributed by atoms with Gasteiger partial charge in [0.1, 0.15) is 5.75 Å². The van der Waals surface area contributed by atoms with Gasteiger partial charge >= 0.3 is 0 Å². The molecule has 6 nitrogen and oxygen atoms in total. The van der Waals surface area contributed by atoms with Gasteiger partial charge in [-0.3, -0.25) is 0 Å². The van der Waals surface area contributed by atoms with Crippen LogP contribution in [-0.2, 0) is 22.9 Å². The van der Waals surface area contributed by atoms with Crippen LogP contribution in [0.2, 0.25) is 0 Å². The molecule has 7 heteroatoms. The Labute approximate surface area is 165 Å². The predicted octanol–water partition coefficient (Wildman–Crippen LogP) is 2.95. The zero-order valence-electron chi connectivity index (χ0n) is 16.0. The fourth-order valence-corrected chi connectivity index (χ4v) is 4.52. The van der Waals surface area contributed by atoms with E-state index in [1.54, 1.807) is 18.2 Å². The van der Waals surface area contributed by atoms with Crippen LogP contribution in [0.4, 0.5) is 0 Å². The topological polar surface area (TPSA) is 73.2 Å². The SMILES string of the molecule is Cc1cc(C)n(-c2ccc(CCNS(=O)(=O)c3ccc4c(c3)CCO4)cc2)n1. The second kappa shape index (κ2) is 7.41. The minimum absolute atomic E-state index is 0.289. The number of hydrogen-bond donors (Lipinski definition) is 1. The molecule has 0 saturated carbocycles. The van der Waals surface area contributed by atoms with E-state index in [4.69, 9.17) is 4.74 Å². The summed E-state index contributed by atoms with van der Waals surface area (Å²) in [6.07, 6.45) is 1.37. The van der Waals surface area contributed by atoms with E-state index in [9.17, 15) is 8.42 Å². The van der Waals surface area contributed by atoms with Crippen molar-refractivity contribution in [3.05, 3.63) is 71.0 Å². The Morgan fingerprint density at radius 1 is 1.11 bits per heavy atom. The summed E-state index contributed by atoms with van der Waals surface area (Å²) >= 11 is 0. The largest absolute Gasteiger partial charge is 0.493 e. The Kier molecular flexibility index (Phi) is 4.95. The van der Waals surface area contributed by atoms with E-state index >= 15 is 0 Å². The summed E-state index contributed by atoms with van der Waals surface area (Å²) in [5, 5.41) is 4.48. The lowest BCUT2D eigenvalue weighted by Crippen LogP contribution is -2.26. The highest BCUT2D eigenvalue weighted by Gasteiger charge is 2.18. The summed E-state index contributed by atoms with van der Waals surface area (Å²) in [5.41, 5.74) is 5.07. The molecule has 0 amide bonds. The third-order valence-corrected chi connectivity index (χ3v) is 6.33. The van der Waals surface area contributed by atoms with Crippen LogP contribution in [0.5, 0.6) is 5.75 Å². The van der Waals surface area contributed by atoms with Crippen LogP contribution in [0.15, 0.2) is 53.4 Å². The second-order valence-corrected chi connectivity index (χ2v) is 8.79. The summed E-state index contributed by atoms with van der Waals surface area (Å²) in [4.78, 5) is 0.289. The molecule has 0 fully saturated rings. The zero-order valence-corrected chi connectivity index (χ0v) is 16.8. The number of fused-ring (bicyclic) bond motifs is 1. The van der Waals surface area contributed by atoms with Crippen molar-refractivity contribution in [2.45, 2.75) is 31.6 Å². The number of ether oxygens (including phenoxy) is 1. The van der Waals surface area contributed by atoms with Crippen molar-refractivity contribution in [2.24, 2.45) is 0 Å². The van der Waals surface area contributed by atoms with E-state index in [1.165, 1.54) is 0 Å². The van der Waals surface area contributed by atoms with Gasteiger partial charge in [-0.1, -0.05) is 12.1 Å². The van der Waals surface area contributed by atoms with Gasteiger partial charge in [0.25, 0.3) is 0 Å². The minimum Gasteiger partial charge on any atom is -0.493 e. The van der Waals surface area contributed by atoms with E-state index in [2.05, 4.69) is 9.82 Å².